The smallest absolute Gasteiger partial charge is 0.326 e. The minimum Gasteiger partial charge on any atom is -0.488 e. The summed E-state index contributed by atoms with van der Waals surface area (Å²) in [4.78, 5) is 26.3. The van der Waals surface area contributed by atoms with Gasteiger partial charge in [0.05, 0.1) is 4.91 Å². The molecule has 0 spiro atoms. The third kappa shape index (κ3) is 5.67. The Morgan fingerprint density at radius 1 is 1.26 bits per heavy atom. The fourth-order valence-corrected chi connectivity index (χ4v) is 4.69. The van der Waals surface area contributed by atoms with E-state index in [1.54, 1.807) is 12.1 Å². The van der Waals surface area contributed by atoms with Crippen molar-refractivity contribution < 1.29 is 19.4 Å². The van der Waals surface area contributed by atoms with Gasteiger partial charge in [0, 0.05) is 16.1 Å². The van der Waals surface area contributed by atoms with Crippen LogP contribution in [-0.4, -0.2) is 32.2 Å². The number of thiocarbonyl (C=S) groups is 1. The Kier molecular flexibility index (Phi) is 8.12. The zero-order chi connectivity index (χ0) is 22.4. The minimum atomic E-state index is -1.05. The van der Waals surface area contributed by atoms with Crippen LogP contribution in [0.1, 0.15) is 37.3 Å². The third-order valence-electron chi connectivity index (χ3n) is 4.80. The van der Waals surface area contributed by atoms with Crippen LogP contribution in [0.2, 0.25) is 5.02 Å². The second-order valence-electron chi connectivity index (χ2n) is 6.97. The molecular weight excluding hydrogens is 454 g/mol. The summed E-state index contributed by atoms with van der Waals surface area (Å²) in [6.07, 6.45) is 3.60. The number of rotatable bonds is 9. The van der Waals surface area contributed by atoms with E-state index in [4.69, 9.17) is 28.6 Å². The number of carbonyl (C=O) groups excluding carboxylic acids is 1. The molecule has 0 bridgehead atoms. The van der Waals surface area contributed by atoms with Gasteiger partial charge in [-0.3, -0.25) is 9.69 Å². The minimum absolute atomic E-state index is 0.259. The monoisotopic (exact) mass is 475 g/mol. The number of halogens is 1. The molecular formula is C23H22ClNO4S2. The average molecular weight is 476 g/mol. The van der Waals surface area contributed by atoms with Crippen LogP contribution in [0.25, 0.3) is 6.08 Å². The molecule has 1 atom stereocenters. The molecule has 1 fully saturated rings. The molecule has 1 N–H and O–H groups in total. The molecule has 1 heterocycles. The summed E-state index contributed by atoms with van der Waals surface area (Å²) >= 11 is 12.6. The highest BCUT2D eigenvalue weighted by Gasteiger charge is 2.40. The number of para-hydroxylation sites is 1. The summed E-state index contributed by atoms with van der Waals surface area (Å²) in [5.41, 5.74) is 1.56. The molecule has 0 saturated carbocycles. The van der Waals surface area contributed by atoms with Crippen LogP contribution in [0.4, 0.5) is 0 Å². The molecule has 2 aromatic carbocycles. The van der Waals surface area contributed by atoms with Crippen LogP contribution >= 0.6 is 35.6 Å². The van der Waals surface area contributed by atoms with E-state index in [0.29, 0.717) is 34.1 Å². The Bertz CT molecular complexity index is 1020. The van der Waals surface area contributed by atoms with E-state index in [0.717, 1.165) is 23.7 Å². The number of amides is 1. The summed E-state index contributed by atoms with van der Waals surface area (Å²) in [6, 6.07) is 13.8. The molecule has 1 amide bonds. The fraction of sp³-hybridized carbons (Fsp3) is 0.261. The zero-order valence-corrected chi connectivity index (χ0v) is 19.3. The molecule has 162 valence electrons. The molecule has 1 aliphatic rings. The Labute approximate surface area is 196 Å². The van der Waals surface area contributed by atoms with Crippen molar-refractivity contribution in [2.45, 2.75) is 38.8 Å². The molecule has 31 heavy (non-hydrogen) atoms. The number of carboxylic acid groups (broad SMARTS) is 1. The Hall–Kier alpha value is -2.35. The maximum atomic E-state index is 13.0. The van der Waals surface area contributed by atoms with Crippen LogP contribution < -0.4 is 4.74 Å². The number of ether oxygens (including phenoxy) is 1. The molecule has 1 saturated heterocycles. The molecule has 3 rings (SSSR count). The molecule has 0 radical (unpaired) electrons. The number of benzene rings is 2. The first-order valence-corrected chi connectivity index (χ1v) is 11.5. The summed E-state index contributed by atoms with van der Waals surface area (Å²) < 4.78 is 6.21. The van der Waals surface area contributed by atoms with Gasteiger partial charge in [-0.25, -0.2) is 4.79 Å². The van der Waals surface area contributed by atoms with Crippen molar-refractivity contribution in [1.82, 2.24) is 4.90 Å². The Balaban J connectivity index is 1.82. The van der Waals surface area contributed by atoms with Crippen molar-refractivity contribution in [3.8, 4) is 5.75 Å². The normalized spacial score (nSPS) is 16.1. The van der Waals surface area contributed by atoms with E-state index in [9.17, 15) is 14.7 Å². The first kappa shape index (κ1) is 23.3. The first-order valence-electron chi connectivity index (χ1n) is 9.87. The number of thioether (sulfide) groups is 1. The number of hydrogen-bond acceptors (Lipinski definition) is 5. The lowest BCUT2D eigenvalue weighted by molar-refractivity contribution is -0.145. The van der Waals surface area contributed by atoms with Gasteiger partial charge < -0.3 is 9.84 Å². The van der Waals surface area contributed by atoms with Crippen LogP contribution in [0.5, 0.6) is 5.75 Å². The van der Waals surface area contributed by atoms with Gasteiger partial charge >= 0.3 is 5.97 Å². The number of carboxylic acids is 1. The Morgan fingerprint density at radius 2 is 1.97 bits per heavy atom. The van der Waals surface area contributed by atoms with Gasteiger partial charge in [-0.05, 0) is 24.6 Å². The summed E-state index contributed by atoms with van der Waals surface area (Å²) in [6.45, 7) is 2.26. The number of hydrogen-bond donors (Lipinski definition) is 1. The highest BCUT2D eigenvalue weighted by atomic mass is 35.5. The maximum Gasteiger partial charge on any atom is 0.326 e. The van der Waals surface area contributed by atoms with Gasteiger partial charge in [0.25, 0.3) is 5.91 Å². The molecule has 5 nitrogen and oxygen atoms in total. The van der Waals surface area contributed by atoms with Gasteiger partial charge in [-0.15, -0.1) is 0 Å². The standard InChI is InChI=1S/C23H22ClNO4S2/c1-2-3-11-18(22(27)28)25-21(26)20(31-23(25)30)13-15-8-5-7-12-19(15)29-14-16-9-4-6-10-17(16)24/h4-10,12-13,18H,2-3,11,14H2,1H3,(H,27,28)/b20-13-. The quantitative estimate of drug-likeness (QED) is 0.367. The van der Waals surface area contributed by atoms with Gasteiger partial charge in [0.1, 0.15) is 22.7 Å². The SMILES string of the molecule is CCCCC(C(=O)O)N1C(=O)/C(=C/c2ccccc2OCc2ccccc2Cl)SC1=S. The lowest BCUT2D eigenvalue weighted by Gasteiger charge is -2.22. The second-order valence-corrected chi connectivity index (χ2v) is 9.05. The van der Waals surface area contributed by atoms with Crippen molar-refractivity contribution in [3.63, 3.8) is 0 Å². The average Bonchev–Trinajstić information content (AvgIpc) is 3.02. The number of unbranched alkanes of at least 4 members (excludes halogenated alkanes) is 1. The molecule has 8 heteroatoms. The van der Waals surface area contributed by atoms with Crippen molar-refractivity contribution in [1.29, 1.82) is 0 Å². The van der Waals surface area contributed by atoms with E-state index >= 15 is 0 Å². The van der Waals surface area contributed by atoms with E-state index in [1.807, 2.05) is 49.4 Å². The van der Waals surface area contributed by atoms with Crippen molar-refractivity contribution in [2.24, 2.45) is 0 Å². The fourth-order valence-electron chi connectivity index (χ4n) is 3.15. The maximum absolute atomic E-state index is 13.0. The number of carbonyl (C=O) groups is 2. The van der Waals surface area contributed by atoms with E-state index < -0.39 is 12.0 Å². The first-order chi connectivity index (χ1) is 14.9. The van der Waals surface area contributed by atoms with Gasteiger partial charge in [-0.1, -0.05) is 91.7 Å². The van der Waals surface area contributed by atoms with Gasteiger partial charge in [0.15, 0.2) is 0 Å². The predicted octanol–water partition coefficient (Wildman–Crippen LogP) is 5.76. The number of aliphatic carboxylic acids is 1. The molecule has 0 aliphatic carbocycles. The highest BCUT2D eigenvalue weighted by Crippen LogP contribution is 2.36. The number of nitrogens with zero attached hydrogens (tertiary/aromatic N) is 1. The van der Waals surface area contributed by atoms with E-state index in [1.165, 1.54) is 4.90 Å². The molecule has 1 unspecified atom stereocenters. The van der Waals surface area contributed by atoms with Crippen LogP contribution in [0, 0.1) is 0 Å². The van der Waals surface area contributed by atoms with Crippen molar-refractivity contribution in [3.05, 3.63) is 69.6 Å². The van der Waals surface area contributed by atoms with Crippen LogP contribution in [0.3, 0.4) is 0 Å². The largest absolute Gasteiger partial charge is 0.488 e. The Morgan fingerprint density at radius 3 is 2.68 bits per heavy atom. The molecule has 2 aromatic rings. The van der Waals surface area contributed by atoms with Gasteiger partial charge in [0.2, 0.25) is 0 Å². The zero-order valence-electron chi connectivity index (χ0n) is 16.9. The van der Waals surface area contributed by atoms with Crippen LogP contribution in [0.15, 0.2) is 53.4 Å². The van der Waals surface area contributed by atoms with Gasteiger partial charge in [-0.2, -0.15) is 0 Å². The predicted molar refractivity (Wildman–Crippen MR) is 128 cm³/mol. The molecule has 0 aromatic heterocycles. The lowest BCUT2D eigenvalue weighted by atomic mass is 10.1. The topological polar surface area (TPSA) is 66.8 Å². The second kappa shape index (κ2) is 10.8. The van der Waals surface area contributed by atoms with E-state index in [2.05, 4.69) is 0 Å². The summed E-state index contributed by atoms with van der Waals surface area (Å²) in [5, 5.41) is 10.2. The third-order valence-corrected chi connectivity index (χ3v) is 6.50. The summed E-state index contributed by atoms with van der Waals surface area (Å²) in [5.74, 6) is -0.845. The highest BCUT2D eigenvalue weighted by molar-refractivity contribution is 8.26. The molecule has 1 aliphatic heterocycles. The lowest BCUT2D eigenvalue weighted by Crippen LogP contribution is -2.43. The summed E-state index contributed by atoms with van der Waals surface area (Å²) in [7, 11) is 0. The van der Waals surface area contributed by atoms with Crippen molar-refractivity contribution in [2.75, 3.05) is 0 Å². The van der Waals surface area contributed by atoms with E-state index in [-0.39, 0.29) is 16.8 Å². The van der Waals surface area contributed by atoms with Crippen LogP contribution in [-0.2, 0) is 16.2 Å². The van der Waals surface area contributed by atoms with Crippen molar-refractivity contribution >= 4 is 57.9 Å².